The minimum absolute atomic E-state index is 0.0698. The molecule has 0 spiro atoms. The smallest absolute Gasteiger partial charge is 0.222 e. The summed E-state index contributed by atoms with van der Waals surface area (Å²) in [5.74, 6) is 1.38. The maximum atomic E-state index is 12.1. The lowest BCUT2D eigenvalue weighted by Gasteiger charge is -2.38. The lowest BCUT2D eigenvalue weighted by Crippen LogP contribution is -2.49. The molecule has 1 N–H and O–H groups in total. The van der Waals surface area contributed by atoms with Crippen LogP contribution in [0.5, 0.6) is 11.5 Å². The Balaban J connectivity index is 1.76. The van der Waals surface area contributed by atoms with Gasteiger partial charge in [0.25, 0.3) is 0 Å². The van der Waals surface area contributed by atoms with Crippen molar-refractivity contribution in [2.45, 2.75) is 45.0 Å². The fraction of sp³-hybridized carbons (Fsp3) is 0.611. The van der Waals surface area contributed by atoms with Gasteiger partial charge in [0.05, 0.1) is 45.0 Å². The average molecular weight is 337 g/mol. The van der Waals surface area contributed by atoms with Gasteiger partial charge in [-0.25, -0.2) is 0 Å². The molecular formula is C18H27NO5. The molecule has 2 rings (SSSR count). The summed E-state index contributed by atoms with van der Waals surface area (Å²) in [6, 6.07) is 7.39. The molecule has 1 amide bonds. The van der Waals surface area contributed by atoms with Crippen molar-refractivity contribution in [3.05, 3.63) is 24.3 Å². The van der Waals surface area contributed by atoms with E-state index in [-0.39, 0.29) is 24.5 Å². The Labute approximate surface area is 143 Å². The summed E-state index contributed by atoms with van der Waals surface area (Å²) >= 11 is 0. The standard InChI is InChI=1S/C18H27NO5/c1-13(24-15-7-5-6-14(10-15)21-4)12-19-17(20)11-16-18(2,3)23-9-8-22-16/h5-7,10,13,16H,8-9,11-12H2,1-4H3,(H,19,20). The van der Waals surface area contributed by atoms with Crippen LogP contribution in [0.2, 0.25) is 0 Å². The molecule has 0 aromatic heterocycles. The molecule has 0 radical (unpaired) electrons. The van der Waals surface area contributed by atoms with E-state index < -0.39 is 5.60 Å². The van der Waals surface area contributed by atoms with Gasteiger partial charge >= 0.3 is 0 Å². The van der Waals surface area contributed by atoms with E-state index in [1.807, 2.05) is 45.0 Å². The van der Waals surface area contributed by atoms with E-state index in [9.17, 15) is 4.79 Å². The Morgan fingerprint density at radius 1 is 1.38 bits per heavy atom. The highest BCUT2D eigenvalue weighted by atomic mass is 16.6. The zero-order chi connectivity index (χ0) is 17.6. The van der Waals surface area contributed by atoms with Crippen LogP contribution >= 0.6 is 0 Å². The van der Waals surface area contributed by atoms with E-state index in [0.717, 1.165) is 5.75 Å². The van der Waals surface area contributed by atoms with Crippen LogP contribution < -0.4 is 14.8 Å². The quantitative estimate of drug-likeness (QED) is 0.826. The zero-order valence-electron chi connectivity index (χ0n) is 14.8. The highest BCUT2D eigenvalue weighted by molar-refractivity contribution is 5.76. The Kier molecular flexibility index (Phi) is 6.45. The first-order valence-corrected chi connectivity index (χ1v) is 8.23. The van der Waals surface area contributed by atoms with Crippen molar-refractivity contribution in [2.24, 2.45) is 0 Å². The molecule has 6 nitrogen and oxygen atoms in total. The van der Waals surface area contributed by atoms with E-state index in [2.05, 4.69) is 5.32 Å². The van der Waals surface area contributed by atoms with E-state index in [1.165, 1.54) is 0 Å². The maximum Gasteiger partial charge on any atom is 0.222 e. The highest BCUT2D eigenvalue weighted by Gasteiger charge is 2.35. The number of amides is 1. The Bertz CT molecular complexity index is 546. The summed E-state index contributed by atoms with van der Waals surface area (Å²) in [7, 11) is 1.61. The van der Waals surface area contributed by atoms with Crippen LogP contribution in [0, 0.1) is 0 Å². The van der Waals surface area contributed by atoms with Gasteiger partial charge in [-0.15, -0.1) is 0 Å². The second kappa shape index (κ2) is 8.35. The number of methoxy groups -OCH3 is 1. The summed E-state index contributed by atoms with van der Waals surface area (Å²) in [5, 5.41) is 2.89. The van der Waals surface area contributed by atoms with Gasteiger partial charge in [0.1, 0.15) is 17.6 Å². The molecule has 1 saturated heterocycles. The lowest BCUT2D eigenvalue weighted by atomic mass is 9.97. The normalized spacial score (nSPS) is 20.9. The summed E-state index contributed by atoms with van der Waals surface area (Å²) in [6.45, 7) is 7.30. The molecule has 1 aliphatic rings. The molecule has 0 saturated carbocycles. The third kappa shape index (κ3) is 5.39. The molecule has 1 aliphatic heterocycles. The van der Waals surface area contributed by atoms with Crippen LogP contribution in [0.1, 0.15) is 27.2 Å². The number of ether oxygens (including phenoxy) is 4. The molecule has 0 aliphatic carbocycles. The van der Waals surface area contributed by atoms with Crippen molar-refractivity contribution in [3.8, 4) is 11.5 Å². The number of hydrogen-bond acceptors (Lipinski definition) is 5. The maximum absolute atomic E-state index is 12.1. The molecule has 24 heavy (non-hydrogen) atoms. The molecule has 1 heterocycles. The van der Waals surface area contributed by atoms with Crippen LogP contribution in [0.15, 0.2) is 24.3 Å². The first-order valence-electron chi connectivity index (χ1n) is 8.23. The van der Waals surface area contributed by atoms with E-state index in [1.54, 1.807) is 7.11 Å². The first kappa shape index (κ1) is 18.5. The number of hydrogen-bond donors (Lipinski definition) is 1. The van der Waals surface area contributed by atoms with Gasteiger partial charge in [0.15, 0.2) is 0 Å². The third-order valence-electron chi connectivity index (χ3n) is 3.99. The topological polar surface area (TPSA) is 66.0 Å². The van der Waals surface area contributed by atoms with Gasteiger partial charge in [-0.05, 0) is 32.9 Å². The van der Waals surface area contributed by atoms with Crippen molar-refractivity contribution >= 4 is 5.91 Å². The highest BCUT2D eigenvalue weighted by Crippen LogP contribution is 2.24. The summed E-state index contributed by atoms with van der Waals surface area (Å²) < 4.78 is 22.3. The molecule has 1 aromatic rings. The summed E-state index contributed by atoms with van der Waals surface area (Å²) in [5.41, 5.74) is -0.446. The number of nitrogens with one attached hydrogen (secondary N) is 1. The zero-order valence-corrected chi connectivity index (χ0v) is 14.8. The largest absolute Gasteiger partial charge is 0.497 e. The number of rotatable bonds is 7. The fourth-order valence-corrected chi connectivity index (χ4v) is 2.54. The summed E-state index contributed by atoms with van der Waals surface area (Å²) in [4.78, 5) is 12.1. The molecule has 6 heteroatoms. The lowest BCUT2D eigenvalue weighted by molar-refractivity contribution is -0.189. The average Bonchev–Trinajstić information content (AvgIpc) is 2.55. The molecule has 1 fully saturated rings. The van der Waals surface area contributed by atoms with Gasteiger partial charge < -0.3 is 24.3 Å². The van der Waals surface area contributed by atoms with Gasteiger partial charge in [-0.3, -0.25) is 4.79 Å². The first-order chi connectivity index (χ1) is 11.4. The van der Waals surface area contributed by atoms with Gasteiger partial charge in [-0.2, -0.15) is 0 Å². The van der Waals surface area contributed by atoms with E-state index >= 15 is 0 Å². The molecule has 0 bridgehead atoms. The molecule has 2 atom stereocenters. The molecule has 1 aromatic carbocycles. The Morgan fingerprint density at radius 2 is 2.12 bits per heavy atom. The van der Waals surface area contributed by atoms with Crippen molar-refractivity contribution in [2.75, 3.05) is 26.9 Å². The van der Waals surface area contributed by atoms with Crippen molar-refractivity contribution in [3.63, 3.8) is 0 Å². The van der Waals surface area contributed by atoms with Crippen molar-refractivity contribution < 1.29 is 23.7 Å². The Morgan fingerprint density at radius 3 is 2.83 bits per heavy atom. The Hall–Kier alpha value is -1.79. The molecular weight excluding hydrogens is 310 g/mol. The predicted octanol–water partition coefficient (Wildman–Crippen LogP) is 2.16. The van der Waals surface area contributed by atoms with Crippen LogP contribution in [-0.4, -0.2) is 50.6 Å². The third-order valence-corrected chi connectivity index (χ3v) is 3.99. The molecule has 2 unspecified atom stereocenters. The van der Waals surface area contributed by atoms with Crippen molar-refractivity contribution in [1.82, 2.24) is 5.32 Å². The fourth-order valence-electron chi connectivity index (χ4n) is 2.54. The van der Waals surface area contributed by atoms with Gasteiger partial charge in [0, 0.05) is 6.07 Å². The van der Waals surface area contributed by atoms with Crippen LogP contribution in [-0.2, 0) is 14.3 Å². The monoisotopic (exact) mass is 337 g/mol. The van der Waals surface area contributed by atoms with Gasteiger partial charge in [-0.1, -0.05) is 6.07 Å². The minimum Gasteiger partial charge on any atom is -0.497 e. The van der Waals surface area contributed by atoms with Crippen LogP contribution in [0.4, 0.5) is 0 Å². The van der Waals surface area contributed by atoms with Crippen LogP contribution in [0.3, 0.4) is 0 Å². The predicted molar refractivity (Wildman–Crippen MR) is 90.5 cm³/mol. The second-order valence-electron chi connectivity index (χ2n) is 6.43. The van der Waals surface area contributed by atoms with Crippen molar-refractivity contribution in [1.29, 1.82) is 0 Å². The van der Waals surface area contributed by atoms with E-state index in [0.29, 0.717) is 25.5 Å². The second-order valence-corrected chi connectivity index (χ2v) is 6.43. The SMILES string of the molecule is COc1cccc(OC(C)CNC(=O)CC2OCCOC2(C)C)c1. The van der Waals surface area contributed by atoms with Crippen LogP contribution in [0.25, 0.3) is 0 Å². The summed E-state index contributed by atoms with van der Waals surface area (Å²) in [6.07, 6.45) is -0.114. The van der Waals surface area contributed by atoms with E-state index in [4.69, 9.17) is 18.9 Å². The number of carbonyl (C=O) groups excluding carboxylic acids is 1. The number of carbonyl (C=O) groups is 1. The molecule has 134 valence electrons. The van der Waals surface area contributed by atoms with Gasteiger partial charge in [0.2, 0.25) is 5.91 Å². The minimum atomic E-state index is -0.446. The number of benzene rings is 1.